The Hall–Kier alpha value is -1.82. The third kappa shape index (κ3) is 6.70. The lowest BCUT2D eigenvalue weighted by Gasteiger charge is -1.92. The molecule has 0 spiro atoms. The Kier molecular flexibility index (Phi) is 10.5. The number of hydrogen-bond acceptors (Lipinski definition) is 0. The van der Waals surface area contributed by atoms with E-state index in [0.717, 1.165) is 0 Å². The minimum absolute atomic E-state index is 1.23. The van der Waals surface area contributed by atoms with E-state index in [1.165, 1.54) is 11.1 Å². The van der Waals surface area contributed by atoms with Crippen molar-refractivity contribution >= 4 is 12.2 Å². The maximum absolute atomic E-state index is 2.12. The fourth-order valence-corrected chi connectivity index (χ4v) is 1.32. The van der Waals surface area contributed by atoms with Gasteiger partial charge in [0.05, 0.1) is 0 Å². The van der Waals surface area contributed by atoms with Crippen LogP contribution < -0.4 is 0 Å². The molecule has 18 heavy (non-hydrogen) atoms. The van der Waals surface area contributed by atoms with Crippen LogP contribution >= 0.6 is 0 Å². The van der Waals surface area contributed by atoms with Gasteiger partial charge in [0.1, 0.15) is 0 Å². The molecule has 0 unspecified atom stereocenters. The normalized spacial score (nSPS) is 8.89. The van der Waals surface area contributed by atoms with Crippen LogP contribution in [0.15, 0.2) is 60.7 Å². The topological polar surface area (TPSA) is 0 Å². The van der Waals surface area contributed by atoms with Crippen LogP contribution in [0.25, 0.3) is 12.2 Å². The minimum atomic E-state index is 1.23. The molecule has 0 radical (unpaired) electrons. The zero-order chi connectivity index (χ0) is 13.6. The van der Waals surface area contributed by atoms with Gasteiger partial charge in [0.25, 0.3) is 0 Å². The fraction of sp³-hybridized carbons (Fsp3) is 0.222. The molecule has 0 bridgehead atoms. The summed E-state index contributed by atoms with van der Waals surface area (Å²) in [6, 6.07) is 20.6. The first-order valence-electron chi connectivity index (χ1n) is 6.73. The van der Waals surface area contributed by atoms with Gasteiger partial charge in [-0.25, -0.2) is 0 Å². The molecule has 0 saturated heterocycles. The van der Waals surface area contributed by atoms with Gasteiger partial charge in [0.2, 0.25) is 0 Å². The first-order chi connectivity index (χ1) is 8.95. The van der Waals surface area contributed by atoms with E-state index in [1.807, 2.05) is 64.1 Å². The standard InChI is InChI=1S/C14H12.2C2H6/c1-3-7-13(8-4-1)11-12-14-9-5-2-6-10-14;2*1-2/h1-12H;2*1-2H3/b12-11-;;. The highest BCUT2D eigenvalue weighted by Crippen LogP contribution is 2.06. The molecule has 0 saturated carbocycles. The zero-order valence-electron chi connectivity index (χ0n) is 11.9. The summed E-state index contributed by atoms with van der Waals surface area (Å²) in [4.78, 5) is 0. The molecule has 0 amide bonds. The third-order valence-electron chi connectivity index (χ3n) is 2.07. The van der Waals surface area contributed by atoms with Gasteiger partial charge in [0.15, 0.2) is 0 Å². The molecule has 0 N–H and O–H groups in total. The van der Waals surface area contributed by atoms with E-state index in [0.29, 0.717) is 0 Å². The smallest absolute Gasteiger partial charge is 0.0256 e. The lowest BCUT2D eigenvalue weighted by atomic mass is 10.1. The second-order valence-electron chi connectivity index (χ2n) is 3.15. The maximum atomic E-state index is 2.12. The predicted octanol–water partition coefficient (Wildman–Crippen LogP) is 5.91. The summed E-state index contributed by atoms with van der Waals surface area (Å²) in [7, 11) is 0. The molecule has 0 atom stereocenters. The van der Waals surface area contributed by atoms with Gasteiger partial charge in [-0.05, 0) is 11.1 Å². The molecule has 0 aliphatic rings. The second kappa shape index (κ2) is 11.7. The summed E-state index contributed by atoms with van der Waals surface area (Å²) in [6.45, 7) is 8.00. The van der Waals surface area contributed by atoms with Gasteiger partial charge >= 0.3 is 0 Å². The molecule has 0 aliphatic carbocycles. The van der Waals surface area contributed by atoms with Crippen LogP contribution in [0.2, 0.25) is 0 Å². The minimum Gasteiger partial charge on any atom is -0.0683 e. The van der Waals surface area contributed by atoms with E-state index in [4.69, 9.17) is 0 Å². The Morgan fingerprint density at radius 2 is 0.778 bits per heavy atom. The van der Waals surface area contributed by atoms with Crippen LogP contribution in [0.4, 0.5) is 0 Å². The molecule has 2 rings (SSSR count). The predicted molar refractivity (Wildman–Crippen MR) is 84.5 cm³/mol. The van der Waals surface area contributed by atoms with Gasteiger partial charge in [-0.3, -0.25) is 0 Å². The van der Waals surface area contributed by atoms with Crippen LogP contribution in [-0.2, 0) is 0 Å². The Morgan fingerprint density at radius 1 is 0.500 bits per heavy atom. The fourth-order valence-electron chi connectivity index (χ4n) is 1.32. The molecule has 2 aromatic carbocycles. The van der Waals surface area contributed by atoms with E-state index >= 15 is 0 Å². The summed E-state index contributed by atoms with van der Waals surface area (Å²) in [6.07, 6.45) is 4.24. The second-order valence-corrected chi connectivity index (χ2v) is 3.15. The Balaban J connectivity index is 0.000000659. The molecule has 0 aromatic heterocycles. The molecule has 0 nitrogen and oxygen atoms in total. The summed E-state index contributed by atoms with van der Waals surface area (Å²) in [5.74, 6) is 0. The average Bonchev–Trinajstić information content (AvgIpc) is 2.51. The summed E-state index contributed by atoms with van der Waals surface area (Å²) in [5, 5.41) is 0. The van der Waals surface area contributed by atoms with E-state index < -0.39 is 0 Å². The number of hydrogen-bond donors (Lipinski definition) is 0. The summed E-state index contributed by atoms with van der Waals surface area (Å²) in [5.41, 5.74) is 2.47. The van der Waals surface area contributed by atoms with E-state index in [-0.39, 0.29) is 0 Å². The largest absolute Gasteiger partial charge is 0.0683 e. The SMILES string of the molecule is C(=C/c1ccccc1)/c1ccccc1.CC.CC. The van der Waals surface area contributed by atoms with Crippen LogP contribution in [0.3, 0.4) is 0 Å². The molecular weight excluding hydrogens is 216 g/mol. The summed E-state index contributed by atoms with van der Waals surface area (Å²) < 4.78 is 0. The monoisotopic (exact) mass is 240 g/mol. The van der Waals surface area contributed by atoms with Crippen molar-refractivity contribution in [1.29, 1.82) is 0 Å². The molecule has 0 fully saturated rings. The van der Waals surface area contributed by atoms with Gasteiger partial charge < -0.3 is 0 Å². The quantitative estimate of drug-likeness (QED) is 0.572. The highest BCUT2D eigenvalue weighted by Gasteiger charge is 1.84. The van der Waals surface area contributed by atoms with Crippen LogP contribution in [0.5, 0.6) is 0 Å². The van der Waals surface area contributed by atoms with Crippen LogP contribution in [-0.4, -0.2) is 0 Å². The van der Waals surface area contributed by atoms with E-state index in [9.17, 15) is 0 Å². The molecule has 0 heteroatoms. The Morgan fingerprint density at radius 3 is 1.06 bits per heavy atom. The number of rotatable bonds is 2. The Labute approximate surface area is 112 Å². The van der Waals surface area contributed by atoms with Gasteiger partial charge in [-0.2, -0.15) is 0 Å². The Bertz CT molecular complexity index is 357. The zero-order valence-corrected chi connectivity index (χ0v) is 11.9. The molecule has 0 aliphatic heterocycles. The first-order valence-corrected chi connectivity index (χ1v) is 6.73. The van der Waals surface area contributed by atoms with Crippen molar-refractivity contribution in [1.82, 2.24) is 0 Å². The molecule has 2 aromatic rings. The van der Waals surface area contributed by atoms with E-state index in [1.54, 1.807) is 0 Å². The average molecular weight is 240 g/mol. The van der Waals surface area contributed by atoms with E-state index in [2.05, 4.69) is 36.4 Å². The lowest BCUT2D eigenvalue weighted by molar-refractivity contribution is 1.50. The van der Waals surface area contributed by atoms with Gasteiger partial charge in [-0.15, -0.1) is 0 Å². The first kappa shape index (κ1) is 16.2. The van der Waals surface area contributed by atoms with Crippen molar-refractivity contribution in [2.45, 2.75) is 27.7 Å². The van der Waals surface area contributed by atoms with Crippen molar-refractivity contribution in [3.8, 4) is 0 Å². The highest BCUT2D eigenvalue weighted by atomic mass is 13.9. The van der Waals surface area contributed by atoms with Crippen molar-refractivity contribution in [3.05, 3.63) is 71.8 Å². The highest BCUT2D eigenvalue weighted by molar-refractivity contribution is 5.69. The van der Waals surface area contributed by atoms with Crippen molar-refractivity contribution in [2.24, 2.45) is 0 Å². The molecular formula is C18H24. The van der Waals surface area contributed by atoms with Gasteiger partial charge in [0, 0.05) is 0 Å². The van der Waals surface area contributed by atoms with Crippen molar-refractivity contribution in [2.75, 3.05) is 0 Å². The molecule has 96 valence electrons. The summed E-state index contributed by atoms with van der Waals surface area (Å²) >= 11 is 0. The lowest BCUT2D eigenvalue weighted by Crippen LogP contribution is -1.70. The van der Waals surface area contributed by atoms with Gasteiger partial charge in [-0.1, -0.05) is 101 Å². The maximum Gasteiger partial charge on any atom is -0.0256 e. The van der Waals surface area contributed by atoms with Crippen LogP contribution in [0, 0.1) is 0 Å². The number of benzene rings is 2. The third-order valence-corrected chi connectivity index (χ3v) is 2.07. The van der Waals surface area contributed by atoms with Crippen LogP contribution in [0.1, 0.15) is 38.8 Å². The van der Waals surface area contributed by atoms with Crippen molar-refractivity contribution in [3.63, 3.8) is 0 Å². The van der Waals surface area contributed by atoms with Crippen molar-refractivity contribution < 1.29 is 0 Å². The molecule has 0 heterocycles.